The Morgan fingerprint density at radius 1 is 1.50 bits per heavy atom. The van der Waals surface area contributed by atoms with Crippen LogP contribution in [0.3, 0.4) is 0 Å². The second-order valence-electron chi connectivity index (χ2n) is 4.53. The molecule has 3 heteroatoms. The highest BCUT2D eigenvalue weighted by atomic mass is 15.2. The molecule has 2 unspecified atom stereocenters. The third-order valence-corrected chi connectivity index (χ3v) is 2.50. The summed E-state index contributed by atoms with van der Waals surface area (Å²) in [5.74, 6) is 0. The van der Waals surface area contributed by atoms with E-state index in [2.05, 4.69) is 42.7 Å². The quantitative estimate of drug-likeness (QED) is 0.658. The number of nitrogens with one attached hydrogen (secondary N) is 1. The summed E-state index contributed by atoms with van der Waals surface area (Å²) in [6.07, 6.45) is 1.99. The van der Waals surface area contributed by atoms with Crippen LogP contribution in [0.2, 0.25) is 0 Å². The van der Waals surface area contributed by atoms with Crippen molar-refractivity contribution < 1.29 is 0 Å². The number of nitrogens with zero attached hydrogens (tertiary/aromatic N) is 2. The van der Waals surface area contributed by atoms with Crippen LogP contribution in [0.15, 0.2) is 12.7 Å². The molecule has 0 aromatic heterocycles. The van der Waals surface area contributed by atoms with Gasteiger partial charge in [0.25, 0.3) is 0 Å². The first kappa shape index (κ1) is 11.7. The molecule has 0 amide bonds. The molecule has 14 heavy (non-hydrogen) atoms. The molecule has 0 spiro atoms. The van der Waals surface area contributed by atoms with E-state index in [9.17, 15) is 0 Å². The van der Waals surface area contributed by atoms with Crippen molar-refractivity contribution in [2.75, 3.05) is 40.3 Å². The predicted molar refractivity (Wildman–Crippen MR) is 61.6 cm³/mol. The number of rotatable bonds is 4. The topological polar surface area (TPSA) is 18.5 Å². The van der Waals surface area contributed by atoms with Gasteiger partial charge >= 0.3 is 0 Å². The minimum Gasteiger partial charge on any atom is -0.308 e. The highest BCUT2D eigenvalue weighted by Gasteiger charge is 2.22. The van der Waals surface area contributed by atoms with Gasteiger partial charge in [0.2, 0.25) is 0 Å². The van der Waals surface area contributed by atoms with Crippen molar-refractivity contribution in [3.05, 3.63) is 12.7 Å². The molecular weight excluding hydrogens is 174 g/mol. The molecule has 1 N–H and O–H groups in total. The Hall–Kier alpha value is -0.380. The third-order valence-electron chi connectivity index (χ3n) is 2.50. The summed E-state index contributed by atoms with van der Waals surface area (Å²) in [5.41, 5.74) is 0. The molecular formula is C11H23N3. The van der Waals surface area contributed by atoms with Gasteiger partial charge in [0, 0.05) is 38.3 Å². The molecule has 0 saturated carbocycles. The van der Waals surface area contributed by atoms with Gasteiger partial charge in [-0.1, -0.05) is 6.08 Å². The van der Waals surface area contributed by atoms with E-state index in [0.29, 0.717) is 12.1 Å². The van der Waals surface area contributed by atoms with Gasteiger partial charge in [0.15, 0.2) is 0 Å². The lowest BCUT2D eigenvalue weighted by Crippen LogP contribution is -2.58. The average Bonchev–Trinajstić information content (AvgIpc) is 2.01. The van der Waals surface area contributed by atoms with Crippen LogP contribution in [0.4, 0.5) is 0 Å². The predicted octanol–water partition coefficient (Wildman–Crippen LogP) is 0.396. The monoisotopic (exact) mass is 197 g/mol. The Kier molecular flexibility index (Phi) is 4.58. The first-order valence-corrected chi connectivity index (χ1v) is 5.36. The van der Waals surface area contributed by atoms with Gasteiger partial charge in [-0.05, 0) is 21.0 Å². The maximum absolute atomic E-state index is 3.79. The maximum Gasteiger partial charge on any atom is 0.0325 e. The van der Waals surface area contributed by atoms with E-state index in [4.69, 9.17) is 0 Å². The van der Waals surface area contributed by atoms with Gasteiger partial charge in [0.1, 0.15) is 0 Å². The van der Waals surface area contributed by atoms with E-state index in [1.165, 1.54) is 0 Å². The lowest BCUT2D eigenvalue weighted by molar-refractivity contribution is 0.161. The van der Waals surface area contributed by atoms with Crippen LogP contribution in [-0.4, -0.2) is 62.2 Å². The van der Waals surface area contributed by atoms with Crippen LogP contribution in [0.25, 0.3) is 0 Å². The fraction of sp³-hybridized carbons (Fsp3) is 0.818. The smallest absolute Gasteiger partial charge is 0.0325 e. The molecule has 0 radical (unpaired) electrons. The van der Waals surface area contributed by atoms with E-state index in [-0.39, 0.29) is 0 Å². The van der Waals surface area contributed by atoms with E-state index in [0.717, 1.165) is 26.2 Å². The molecule has 0 bridgehead atoms. The summed E-state index contributed by atoms with van der Waals surface area (Å²) in [6, 6.07) is 1.18. The van der Waals surface area contributed by atoms with Crippen molar-refractivity contribution in [2.45, 2.75) is 19.0 Å². The summed E-state index contributed by atoms with van der Waals surface area (Å²) in [4.78, 5) is 4.70. The van der Waals surface area contributed by atoms with Crippen molar-refractivity contribution >= 4 is 0 Å². The normalized spacial score (nSPS) is 29.4. The summed E-state index contributed by atoms with van der Waals surface area (Å²) in [5, 5.41) is 3.62. The Labute approximate surface area is 87.8 Å². The van der Waals surface area contributed by atoms with Gasteiger partial charge < -0.3 is 10.2 Å². The molecule has 82 valence electrons. The molecule has 1 fully saturated rings. The largest absolute Gasteiger partial charge is 0.308 e. The SMILES string of the molecule is C=CCN1CC(C)NC(CN(C)C)C1. The van der Waals surface area contributed by atoms with E-state index < -0.39 is 0 Å². The molecule has 0 aromatic carbocycles. The second-order valence-corrected chi connectivity index (χ2v) is 4.53. The zero-order chi connectivity index (χ0) is 10.6. The average molecular weight is 197 g/mol. The number of piperazine rings is 1. The van der Waals surface area contributed by atoms with Crippen LogP contribution in [-0.2, 0) is 0 Å². The summed E-state index contributed by atoms with van der Waals surface area (Å²) in [6.45, 7) is 10.4. The molecule has 3 nitrogen and oxygen atoms in total. The Morgan fingerprint density at radius 3 is 2.79 bits per heavy atom. The van der Waals surface area contributed by atoms with Crippen molar-refractivity contribution in [1.82, 2.24) is 15.1 Å². The standard InChI is InChI=1S/C11H23N3/c1-5-6-14-7-10(2)12-11(9-14)8-13(3)4/h5,10-12H,1,6-9H2,2-4H3. The minimum absolute atomic E-state index is 0.591. The molecule has 0 aliphatic carbocycles. The number of likely N-dealkylation sites (N-methyl/N-ethyl adjacent to an activating group) is 1. The molecule has 1 aliphatic rings. The highest BCUT2D eigenvalue weighted by Crippen LogP contribution is 2.04. The minimum atomic E-state index is 0.591. The Balaban J connectivity index is 2.40. The summed E-state index contributed by atoms with van der Waals surface area (Å²) < 4.78 is 0. The van der Waals surface area contributed by atoms with Gasteiger partial charge in [0.05, 0.1) is 0 Å². The van der Waals surface area contributed by atoms with Crippen LogP contribution >= 0.6 is 0 Å². The molecule has 1 rings (SSSR count). The zero-order valence-corrected chi connectivity index (χ0v) is 9.66. The first-order valence-electron chi connectivity index (χ1n) is 5.36. The molecule has 0 aromatic rings. The lowest BCUT2D eigenvalue weighted by Gasteiger charge is -2.38. The number of hydrogen-bond donors (Lipinski definition) is 1. The Bertz CT molecular complexity index is 177. The van der Waals surface area contributed by atoms with Gasteiger partial charge in [-0.3, -0.25) is 4.90 Å². The fourth-order valence-electron chi connectivity index (χ4n) is 2.16. The van der Waals surface area contributed by atoms with Crippen molar-refractivity contribution in [2.24, 2.45) is 0 Å². The van der Waals surface area contributed by atoms with E-state index in [1.54, 1.807) is 0 Å². The second kappa shape index (κ2) is 5.49. The van der Waals surface area contributed by atoms with Gasteiger partial charge in [-0.25, -0.2) is 0 Å². The van der Waals surface area contributed by atoms with Crippen LogP contribution < -0.4 is 5.32 Å². The number of hydrogen-bond acceptors (Lipinski definition) is 3. The zero-order valence-electron chi connectivity index (χ0n) is 9.66. The van der Waals surface area contributed by atoms with E-state index >= 15 is 0 Å². The third kappa shape index (κ3) is 3.78. The van der Waals surface area contributed by atoms with Crippen LogP contribution in [0, 0.1) is 0 Å². The van der Waals surface area contributed by atoms with Crippen LogP contribution in [0.5, 0.6) is 0 Å². The Morgan fingerprint density at radius 2 is 2.21 bits per heavy atom. The summed E-state index contributed by atoms with van der Waals surface area (Å²) in [7, 11) is 4.25. The van der Waals surface area contributed by atoms with Crippen molar-refractivity contribution in [3.63, 3.8) is 0 Å². The fourth-order valence-corrected chi connectivity index (χ4v) is 2.16. The first-order chi connectivity index (χ1) is 6.61. The van der Waals surface area contributed by atoms with Crippen LogP contribution in [0.1, 0.15) is 6.92 Å². The van der Waals surface area contributed by atoms with E-state index in [1.807, 2.05) is 6.08 Å². The maximum atomic E-state index is 3.79. The van der Waals surface area contributed by atoms with Gasteiger partial charge in [-0.15, -0.1) is 6.58 Å². The molecule has 1 saturated heterocycles. The van der Waals surface area contributed by atoms with Crippen molar-refractivity contribution in [1.29, 1.82) is 0 Å². The summed E-state index contributed by atoms with van der Waals surface area (Å²) >= 11 is 0. The molecule has 1 heterocycles. The van der Waals surface area contributed by atoms with Crippen molar-refractivity contribution in [3.8, 4) is 0 Å². The van der Waals surface area contributed by atoms with Gasteiger partial charge in [-0.2, -0.15) is 0 Å². The lowest BCUT2D eigenvalue weighted by atomic mass is 10.1. The molecule has 2 atom stereocenters. The molecule has 1 aliphatic heterocycles. The highest BCUT2D eigenvalue weighted by molar-refractivity contribution is 4.87.